The maximum atomic E-state index is 10.1. The molecule has 1 N–H and O–H groups in total. The van der Waals surface area contributed by atoms with Crippen LogP contribution in [-0.2, 0) is 13.0 Å². The number of hydrogen-bond acceptors (Lipinski definition) is 3. The van der Waals surface area contributed by atoms with Gasteiger partial charge in [0, 0.05) is 10.9 Å². The minimum absolute atomic E-state index is 0.394. The first kappa shape index (κ1) is 12.0. The molecule has 0 saturated heterocycles. The first-order valence-electron chi connectivity index (χ1n) is 7.19. The van der Waals surface area contributed by atoms with E-state index in [9.17, 15) is 5.11 Å². The van der Waals surface area contributed by atoms with E-state index < -0.39 is 6.10 Å². The second kappa shape index (κ2) is 4.35. The molecule has 1 aromatic heterocycles. The highest BCUT2D eigenvalue weighted by Gasteiger charge is 2.27. The Balaban J connectivity index is 2.06. The second-order valence-corrected chi connectivity index (χ2v) is 5.62. The number of fused-ring (bicyclic) bond motifs is 3. The van der Waals surface area contributed by atoms with Gasteiger partial charge in [-0.05, 0) is 43.0 Å². The summed E-state index contributed by atoms with van der Waals surface area (Å²) in [4.78, 5) is 4.63. The molecule has 20 heavy (non-hydrogen) atoms. The van der Waals surface area contributed by atoms with E-state index >= 15 is 0 Å². The van der Waals surface area contributed by atoms with Crippen molar-refractivity contribution in [3.8, 4) is 5.75 Å². The van der Waals surface area contributed by atoms with Crippen LogP contribution in [0.4, 0.5) is 0 Å². The van der Waals surface area contributed by atoms with Crippen LogP contribution < -0.4 is 4.74 Å². The Bertz CT molecular complexity index is 715. The van der Waals surface area contributed by atoms with E-state index in [1.54, 1.807) is 7.11 Å². The van der Waals surface area contributed by atoms with E-state index in [1.807, 2.05) is 6.07 Å². The van der Waals surface area contributed by atoms with Crippen molar-refractivity contribution < 1.29 is 9.84 Å². The van der Waals surface area contributed by atoms with Gasteiger partial charge >= 0.3 is 0 Å². The number of ether oxygens (including phenoxy) is 1. The Morgan fingerprint density at radius 3 is 3.10 bits per heavy atom. The van der Waals surface area contributed by atoms with Crippen LogP contribution in [-0.4, -0.2) is 35.1 Å². The third-order valence-corrected chi connectivity index (χ3v) is 4.38. The van der Waals surface area contributed by atoms with Gasteiger partial charge in [-0.2, -0.15) is 0 Å². The highest BCUT2D eigenvalue weighted by atomic mass is 16.5. The predicted octanol–water partition coefficient (Wildman–Crippen LogP) is 2.15. The second-order valence-electron chi connectivity index (χ2n) is 5.62. The summed E-state index contributed by atoms with van der Waals surface area (Å²) in [5.74, 6) is 0.888. The highest BCUT2D eigenvalue weighted by molar-refractivity contribution is 6.07. The number of aliphatic imine (C=N–C) groups is 1. The number of rotatable bonds is 1. The molecule has 0 radical (unpaired) electrons. The monoisotopic (exact) mass is 270 g/mol. The van der Waals surface area contributed by atoms with Crippen LogP contribution in [0.5, 0.6) is 5.75 Å². The molecule has 0 amide bonds. The number of aromatic nitrogens is 1. The van der Waals surface area contributed by atoms with Gasteiger partial charge in [0.05, 0.1) is 37.7 Å². The van der Waals surface area contributed by atoms with Crippen molar-refractivity contribution in [3.05, 3.63) is 29.5 Å². The van der Waals surface area contributed by atoms with Gasteiger partial charge in [0.15, 0.2) is 0 Å². The Labute approximate surface area is 117 Å². The number of aryl methyl sites for hydroxylation is 1. The zero-order valence-electron chi connectivity index (χ0n) is 11.6. The molecule has 1 atom stereocenters. The van der Waals surface area contributed by atoms with Crippen molar-refractivity contribution in [2.24, 2.45) is 4.99 Å². The number of nitrogens with zero attached hydrogens (tertiary/aromatic N) is 2. The van der Waals surface area contributed by atoms with Crippen LogP contribution in [0.15, 0.2) is 23.2 Å². The van der Waals surface area contributed by atoms with Crippen molar-refractivity contribution in [1.29, 1.82) is 0 Å². The van der Waals surface area contributed by atoms with E-state index in [2.05, 4.69) is 21.7 Å². The van der Waals surface area contributed by atoms with Crippen molar-refractivity contribution in [2.45, 2.75) is 31.9 Å². The molecule has 0 unspecified atom stereocenters. The van der Waals surface area contributed by atoms with Gasteiger partial charge in [0.2, 0.25) is 0 Å². The molecule has 4 heteroatoms. The molecule has 1 aliphatic heterocycles. The van der Waals surface area contributed by atoms with Gasteiger partial charge in [0.1, 0.15) is 5.75 Å². The van der Waals surface area contributed by atoms with Gasteiger partial charge < -0.3 is 14.4 Å². The van der Waals surface area contributed by atoms with Crippen molar-refractivity contribution in [3.63, 3.8) is 0 Å². The molecule has 0 spiro atoms. The third kappa shape index (κ3) is 1.61. The third-order valence-electron chi connectivity index (χ3n) is 4.38. The number of methoxy groups -OCH3 is 1. The van der Waals surface area contributed by atoms with E-state index in [0.29, 0.717) is 13.1 Å². The maximum Gasteiger partial charge on any atom is 0.119 e. The van der Waals surface area contributed by atoms with Crippen LogP contribution in [0.2, 0.25) is 0 Å². The Morgan fingerprint density at radius 1 is 1.35 bits per heavy atom. The Hall–Kier alpha value is -1.81. The summed E-state index contributed by atoms with van der Waals surface area (Å²) in [6.45, 7) is 1.15. The number of aliphatic hydroxyl groups is 1. The minimum atomic E-state index is -0.394. The molecule has 1 aromatic carbocycles. The number of benzene rings is 1. The molecule has 104 valence electrons. The zero-order valence-corrected chi connectivity index (χ0v) is 11.6. The quantitative estimate of drug-likeness (QED) is 0.863. The SMILES string of the molecule is COc1ccc2c(c1)c1c3n2C[C@H](O)CN=C3CCC1. The van der Waals surface area contributed by atoms with Crippen LogP contribution in [0.1, 0.15) is 24.1 Å². The molecule has 0 fully saturated rings. The topological polar surface area (TPSA) is 46.8 Å². The summed E-state index contributed by atoms with van der Waals surface area (Å²) in [6, 6.07) is 6.20. The molecule has 0 saturated carbocycles. The van der Waals surface area contributed by atoms with E-state index in [-0.39, 0.29) is 0 Å². The molecule has 2 aliphatic rings. The predicted molar refractivity (Wildman–Crippen MR) is 78.8 cm³/mol. The largest absolute Gasteiger partial charge is 0.497 e. The van der Waals surface area contributed by atoms with Crippen LogP contribution >= 0.6 is 0 Å². The minimum Gasteiger partial charge on any atom is -0.497 e. The first-order chi connectivity index (χ1) is 9.78. The summed E-state index contributed by atoms with van der Waals surface area (Å²) in [7, 11) is 1.70. The normalized spacial score (nSPS) is 21.3. The molecule has 2 heterocycles. The Morgan fingerprint density at radius 2 is 2.25 bits per heavy atom. The van der Waals surface area contributed by atoms with Crippen LogP contribution in [0.25, 0.3) is 10.9 Å². The van der Waals surface area contributed by atoms with Crippen molar-refractivity contribution >= 4 is 16.6 Å². The first-order valence-corrected chi connectivity index (χ1v) is 7.19. The van der Waals surface area contributed by atoms with Crippen LogP contribution in [0.3, 0.4) is 0 Å². The average molecular weight is 270 g/mol. The fourth-order valence-corrected chi connectivity index (χ4v) is 3.49. The molecule has 4 nitrogen and oxygen atoms in total. The van der Waals surface area contributed by atoms with Gasteiger partial charge in [0.25, 0.3) is 0 Å². The standard InChI is InChI=1S/C16H18N2O2/c1-20-11-5-6-15-13(7-11)12-3-2-4-14-16(12)18(15)9-10(19)8-17-14/h5-7,10,19H,2-4,8-9H2,1H3/t10-/m1/s1. The lowest BCUT2D eigenvalue weighted by Gasteiger charge is -2.16. The zero-order chi connectivity index (χ0) is 13.7. The van der Waals surface area contributed by atoms with Crippen molar-refractivity contribution in [1.82, 2.24) is 4.57 Å². The number of aliphatic hydroxyl groups excluding tert-OH is 1. The lowest BCUT2D eigenvalue weighted by atomic mass is 9.94. The van der Waals surface area contributed by atoms with E-state index in [0.717, 1.165) is 30.7 Å². The molecule has 4 rings (SSSR count). The van der Waals surface area contributed by atoms with Crippen LogP contribution in [0, 0.1) is 0 Å². The van der Waals surface area contributed by atoms with Gasteiger partial charge in [-0.1, -0.05) is 0 Å². The molecular formula is C16H18N2O2. The summed E-state index contributed by atoms with van der Waals surface area (Å²) >= 11 is 0. The van der Waals surface area contributed by atoms with E-state index in [4.69, 9.17) is 4.74 Å². The molecule has 1 aliphatic carbocycles. The molecule has 2 aromatic rings. The maximum absolute atomic E-state index is 10.1. The fraction of sp³-hybridized carbons (Fsp3) is 0.438. The summed E-state index contributed by atoms with van der Waals surface area (Å²) in [5, 5.41) is 11.3. The molecule has 0 bridgehead atoms. The fourth-order valence-electron chi connectivity index (χ4n) is 3.49. The summed E-state index contributed by atoms with van der Waals surface area (Å²) in [6.07, 6.45) is 2.85. The van der Waals surface area contributed by atoms with Gasteiger partial charge in [-0.15, -0.1) is 0 Å². The van der Waals surface area contributed by atoms with Crippen molar-refractivity contribution in [2.75, 3.05) is 13.7 Å². The van der Waals surface area contributed by atoms with Gasteiger partial charge in [-0.3, -0.25) is 4.99 Å². The average Bonchev–Trinajstić information content (AvgIpc) is 2.67. The highest BCUT2D eigenvalue weighted by Crippen LogP contribution is 2.35. The number of hydrogen-bond donors (Lipinski definition) is 1. The lowest BCUT2D eigenvalue weighted by Crippen LogP contribution is -2.18. The smallest absolute Gasteiger partial charge is 0.119 e. The van der Waals surface area contributed by atoms with Gasteiger partial charge in [-0.25, -0.2) is 0 Å². The van der Waals surface area contributed by atoms with E-state index in [1.165, 1.54) is 22.2 Å². The summed E-state index contributed by atoms with van der Waals surface area (Å²) < 4.78 is 7.61. The summed E-state index contributed by atoms with van der Waals surface area (Å²) in [5.41, 5.74) is 4.97. The Kier molecular flexibility index (Phi) is 2.60. The molecular weight excluding hydrogens is 252 g/mol. The lowest BCUT2D eigenvalue weighted by molar-refractivity contribution is 0.166.